The normalized spacial score (nSPS) is 12.0. The number of hydrogen-bond donors (Lipinski definition) is 3. The number of para-hydroxylation sites is 2. The number of hydrogen-bond acceptors (Lipinski definition) is 3. The fourth-order valence-electron chi connectivity index (χ4n) is 1.98. The SMILES string of the molecule is Cc1ccn(-c2ccccc2NC(=O)N[C@H](C)CCO)n1. The number of anilines is 1. The van der Waals surface area contributed by atoms with Crippen LogP contribution in [-0.2, 0) is 0 Å². The minimum atomic E-state index is -0.299. The monoisotopic (exact) mass is 288 g/mol. The van der Waals surface area contributed by atoms with Gasteiger partial charge in [0.05, 0.1) is 17.1 Å². The zero-order chi connectivity index (χ0) is 15.2. The van der Waals surface area contributed by atoms with Crippen LogP contribution in [0.5, 0.6) is 0 Å². The molecule has 1 aromatic heterocycles. The van der Waals surface area contributed by atoms with E-state index in [1.807, 2.05) is 50.4 Å². The number of nitrogens with one attached hydrogen (secondary N) is 2. The first kappa shape index (κ1) is 15.1. The van der Waals surface area contributed by atoms with Gasteiger partial charge in [-0.05, 0) is 38.5 Å². The number of aromatic nitrogens is 2. The average Bonchev–Trinajstić information content (AvgIpc) is 2.86. The Balaban J connectivity index is 2.12. The zero-order valence-electron chi connectivity index (χ0n) is 12.2. The van der Waals surface area contributed by atoms with Crippen molar-refractivity contribution in [2.75, 3.05) is 11.9 Å². The fourth-order valence-corrected chi connectivity index (χ4v) is 1.98. The Morgan fingerprint density at radius 2 is 2.14 bits per heavy atom. The highest BCUT2D eigenvalue weighted by atomic mass is 16.3. The molecule has 0 aliphatic rings. The molecule has 6 nitrogen and oxygen atoms in total. The molecule has 2 aromatic rings. The summed E-state index contributed by atoms with van der Waals surface area (Å²) >= 11 is 0. The minimum Gasteiger partial charge on any atom is -0.396 e. The molecule has 2 amide bonds. The van der Waals surface area contributed by atoms with Crippen LogP contribution >= 0.6 is 0 Å². The largest absolute Gasteiger partial charge is 0.396 e. The molecule has 1 aromatic carbocycles. The van der Waals surface area contributed by atoms with Crippen LogP contribution in [0.15, 0.2) is 36.5 Å². The number of aryl methyl sites for hydroxylation is 1. The summed E-state index contributed by atoms with van der Waals surface area (Å²) in [5.41, 5.74) is 2.38. The molecule has 0 aliphatic carbocycles. The van der Waals surface area contributed by atoms with Crippen LogP contribution in [0, 0.1) is 6.92 Å². The summed E-state index contributed by atoms with van der Waals surface area (Å²) in [6, 6.07) is 8.97. The lowest BCUT2D eigenvalue weighted by molar-refractivity contribution is 0.241. The summed E-state index contributed by atoms with van der Waals surface area (Å²) in [4.78, 5) is 12.0. The van der Waals surface area contributed by atoms with E-state index in [-0.39, 0.29) is 18.7 Å². The van der Waals surface area contributed by atoms with Gasteiger partial charge in [0.2, 0.25) is 0 Å². The topological polar surface area (TPSA) is 79.2 Å². The Bertz CT molecular complexity index is 609. The van der Waals surface area contributed by atoms with Crippen molar-refractivity contribution in [1.29, 1.82) is 0 Å². The molecule has 0 unspecified atom stereocenters. The first-order valence-electron chi connectivity index (χ1n) is 6.90. The molecule has 0 spiro atoms. The number of amides is 2. The fraction of sp³-hybridized carbons (Fsp3) is 0.333. The Morgan fingerprint density at radius 1 is 1.38 bits per heavy atom. The van der Waals surface area contributed by atoms with E-state index in [2.05, 4.69) is 15.7 Å². The average molecular weight is 288 g/mol. The number of carbonyl (C=O) groups is 1. The Labute approximate surface area is 123 Å². The van der Waals surface area contributed by atoms with E-state index in [1.54, 1.807) is 4.68 Å². The van der Waals surface area contributed by atoms with Gasteiger partial charge in [0.25, 0.3) is 0 Å². The van der Waals surface area contributed by atoms with Gasteiger partial charge in [0, 0.05) is 18.8 Å². The van der Waals surface area contributed by atoms with Crippen molar-refractivity contribution in [2.45, 2.75) is 26.3 Å². The predicted molar refractivity (Wildman–Crippen MR) is 81.6 cm³/mol. The molecule has 1 heterocycles. The van der Waals surface area contributed by atoms with Gasteiger partial charge >= 0.3 is 6.03 Å². The Morgan fingerprint density at radius 3 is 2.81 bits per heavy atom. The highest BCUT2D eigenvalue weighted by molar-refractivity contribution is 5.91. The van der Waals surface area contributed by atoms with Crippen LogP contribution in [0.1, 0.15) is 19.0 Å². The molecule has 6 heteroatoms. The Hall–Kier alpha value is -2.34. The van der Waals surface area contributed by atoms with Crippen molar-refractivity contribution in [3.63, 3.8) is 0 Å². The molecule has 1 atom stereocenters. The van der Waals surface area contributed by atoms with Crippen LogP contribution in [0.4, 0.5) is 10.5 Å². The van der Waals surface area contributed by atoms with Crippen LogP contribution in [0.3, 0.4) is 0 Å². The quantitative estimate of drug-likeness (QED) is 0.788. The third-order valence-electron chi connectivity index (χ3n) is 3.06. The second-order valence-corrected chi connectivity index (χ2v) is 4.93. The third kappa shape index (κ3) is 4.06. The summed E-state index contributed by atoms with van der Waals surface area (Å²) in [5, 5.41) is 18.8. The van der Waals surface area contributed by atoms with Gasteiger partial charge in [-0.15, -0.1) is 0 Å². The second kappa shape index (κ2) is 6.90. The van der Waals surface area contributed by atoms with E-state index < -0.39 is 0 Å². The molecule has 3 N–H and O–H groups in total. The molecule has 112 valence electrons. The van der Waals surface area contributed by atoms with Gasteiger partial charge in [-0.2, -0.15) is 5.10 Å². The van der Waals surface area contributed by atoms with Gasteiger partial charge in [-0.25, -0.2) is 9.48 Å². The van der Waals surface area contributed by atoms with E-state index in [0.29, 0.717) is 12.1 Å². The van der Waals surface area contributed by atoms with Crippen molar-refractivity contribution in [3.8, 4) is 5.69 Å². The summed E-state index contributed by atoms with van der Waals surface area (Å²) < 4.78 is 1.72. The maximum absolute atomic E-state index is 12.0. The highest BCUT2D eigenvalue weighted by Crippen LogP contribution is 2.19. The lowest BCUT2D eigenvalue weighted by atomic mass is 10.2. The van der Waals surface area contributed by atoms with E-state index in [0.717, 1.165) is 11.4 Å². The van der Waals surface area contributed by atoms with Crippen molar-refractivity contribution >= 4 is 11.7 Å². The predicted octanol–water partition coefficient (Wildman–Crippen LogP) is 2.07. The zero-order valence-corrected chi connectivity index (χ0v) is 12.2. The van der Waals surface area contributed by atoms with Crippen molar-refractivity contribution in [3.05, 3.63) is 42.2 Å². The molecule has 0 saturated heterocycles. The highest BCUT2D eigenvalue weighted by Gasteiger charge is 2.10. The summed E-state index contributed by atoms with van der Waals surface area (Å²) in [6.07, 6.45) is 2.37. The van der Waals surface area contributed by atoms with Crippen LogP contribution in [0.25, 0.3) is 5.69 Å². The molecule has 0 radical (unpaired) electrons. The van der Waals surface area contributed by atoms with Gasteiger partial charge in [0.15, 0.2) is 0 Å². The van der Waals surface area contributed by atoms with Gasteiger partial charge in [0.1, 0.15) is 0 Å². The van der Waals surface area contributed by atoms with Crippen LogP contribution in [-0.4, -0.2) is 33.6 Å². The molecule has 0 aliphatic heterocycles. The van der Waals surface area contributed by atoms with Gasteiger partial charge in [-0.3, -0.25) is 0 Å². The molecule has 0 fully saturated rings. The smallest absolute Gasteiger partial charge is 0.319 e. The number of aliphatic hydroxyl groups is 1. The molecular formula is C15H20N4O2. The van der Waals surface area contributed by atoms with Gasteiger partial charge in [-0.1, -0.05) is 12.1 Å². The first-order valence-corrected chi connectivity index (χ1v) is 6.90. The number of carbonyl (C=O) groups excluding carboxylic acids is 1. The van der Waals surface area contributed by atoms with Crippen molar-refractivity contribution in [2.24, 2.45) is 0 Å². The third-order valence-corrected chi connectivity index (χ3v) is 3.06. The van der Waals surface area contributed by atoms with Gasteiger partial charge < -0.3 is 15.7 Å². The number of nitrogens with zero attached hydrogens (tertiary/aromatic N) is 2. The maximum Gasteiger partial charge on any atom is 0.319 e. The van der Waals surface area contributed by atoms with E-state index in [1.165, 1.54) is 0 Å². The molecule has 0 saturated carbocycles. The number of urea groups is 1. The van der Waals surface area contributed by atoms with E-state index >= 15 is 0 Å². The first-order chi connectivity index (χ1) is 10.1. The lowest BCUT2D eigenvalue weighted by Crippen LogP contribution is -2.36. The summed E-state index contributed by atoms with van der Waals surface area (Å²) in [7, 11) is 0. The molecular weight excluding hydrogens is 268 g/mol. The molecule has 21 heavy (non-hydrogen) atoms. The summed E-state index contributed by atoms with van der Waals surface area (Å²) in [5.74, 6) is 0. The number of benzene rings is 1. The van der Waals surface area contributed by atoms with Crippen molar-refractivity contribution in [1.82, 2.24) is 15.1 Å². The Kier molecular flexibility index (Phi) is 4.94. The number of rotatable bonds is 5. The van der Waals surface area contributed by atoms with Crippen LogP contribution in [0.2, 0.25) is 0 Å². The van der Waals surface area contributed by atoms with E-state index in [4.69, 9.17) is 5.11 Å². The molecule has 2 rings (SSSR count). The maximum atomic E-state index is 12.0. The summed E-state index contributed by atoms with van der Waals surface area (Å²) in [6.45, 7) is 3.80. The number of aliphatic hydroxyl groups excluding tert-OH is 1. The second-order valence-electron chi connectivity index (χ2n) is 4.93. The van der Waals surface area contributed by atoms with Crippen molar-refractivity contribution < 1.29 is 9.90 Å². The minimum absolute atomic E-state index is 0.0462. The lowest BCUT2D eigenvalue weighted by Gasteiger charge is -2.15. The molecule has 0 bridgehead atoms. The van der Waals surface area contributed by atoms with E-state index in [9.17, 15) is 4.79 Å². The standard InChI is InChI=1S/C15H20N4O2/c1-11(8-10-20)16-15(21)17-13-5-3-4-6-14(13)19-9-7-12(2)18-19/h3-7,9,11,20H,8,10H2,1-2H3,(H2,16,17,21)/t11-/m1/s1. The van der Waals surface area contributed by atoms with Crippen LogP contribution < -0.4 is 10.6 Å².